The minimum Gasteiger partial charge on any atom is -0.481 e. The first-order chi connectivity index (χ1) is 11.5. The fourth-order valence-corrected chi connectivity index (χ4v) is 4.12. The summed E-state index contributed by atoms with van der Waals surface area (Å²) < 4.78 is 9.95. The molecule has 24 heavy (non-hydrogen) atoms. The Hall–Kier alpha value is -1.79. The second-order valence-electron chi connectivity index (χ2n) is 6.76. The second kappa shape index (κ2) is 8.35. The molecule has 136 valence electrons. The van der Waals surface area contributed by atoms with E-state index in [2.05, 4.69) is 0 Å². The highest BCUT2D eigenvalue weighted by molar-refractivity contribution is 5.81. The van der Waals surface area contributed by atoms with Crippen molar-refractivity contribution in [2.45, 2.75) is 51.5 Å². The molecule has 0 spiro atoms. The van der Waals surface area contributed by atoms with Gasteiger partial charge in [-0.2, -0.15) is 0 Å². The zero-order valence-corrected chi connectivity index (χ0v) is 14.4. The van der Waals surface area contributed by atoms with E-state index in [4.69, 9.17) is 14.6 Å². The van der Waals surface area contributed by atoms with Crippen LogP contribution in [-0.4, -0.2) is 54.3 Å². The molecule has 1 saturated carbocycles. The Morgan fingerprint density at radius 1 is 1.17 bits per heavy atom. The summed E-state index contributed by atoms with van der Waals surface area (Å²) in [5.74, 6) is -0.0883. The molecule has 1 heterocycles. The van der Waals surface area contributed by atoms with Crippen molar-refractivity contribution < 1.29 is 29.0 Å². The number of hydrogen-bond donors (Lipinski definition) is 1. The van der Waals surface area contributed by atoms with Crippen LogP contribution in [0.25, 0.3) is 0 Å². The topological polar surface area (TPSA) is 93.1 Å². The maximum atomic E-state index is 12.3. The van der Waals surface area contributed by atoms with Gasteiger partial charge in [-0.05, 0) is 50.4 Å². The van der Waals surface area contributed by atoms with E-state index >= 15 is 0 Å². The smallest absolute Gasteiger partial charge is 0.410 e. The number of carboxylic acid groups (broad SMARTS) is 1. The van der Waals surface area contributed by atoms with E-state index in [0.717, 1.165) is 19.3 Å². The average Bonchev–Trinajstić information content (AvgIpc) is 2.58. The number of nitrogens with zero attached hydrogens (tertiary/aromatic N) is 1. The number of likely N-dealkylation sites (tertiary alicyclic amines) is 1. The van der Waals surface area contributed by atoms with Gasteiger partial charge in [-0.3, -0.25) is 9.69 Å². The summed E-state index contributed by atoms with van der Waals surface area (Å²) in [6, 6.07) is -0.600. The molecule has 2 fully saturated rings. The van der Waals surface area contributed by atoms with Gasteiger partial charge in [0.1, 0.15) is 6.04 Å². The highest BCUT2D eigenvalue weighted by Crippen LogP contribution is 2.42. The predicted octanol–water partition coefficient (Wildman–Crippen LogP) is 2.29. The molecule has 0 unspecified atom stereocenters. The molecule has 0 aromatic heterocycles. The average molecular weight is 341 g/mol. The van der Waals surface area contributed by atoms with Gasteiger partial charge in [-0.15, -0.1) is 0 Å². The summed E-state index contributed by atoms with van der Waals surface area (Å²) in [6.45, 7) is 2.53. The van der Waals surface area contributed by atoms with Crippen LogP contribution in [0.2, 0.25) is 0 Å². The number of ether oxygens (including phenoxy) is 2. The lowest BCUT2D eigenvalue weighted by atomic mass is 9.68. The fourth-order valence-electron chi connectivity index (χ4n) is 4.12. The normalized spacial score (nSPS) is 29.5. The number of amides is 1. The number of aliphatic carboxylic acids is 1. The first kappa shape index (κ1) is 18.5. The van der Waals surface area contributed by atoms with Crippen LogP contribution in [0, 0.1) is 17.8 Å². The number of fused-ring (bicyclic) bond motifs is 1. The third-order valence-electron chi connectivity index (χ3n) is 5.32. The second-order valence-corrected chi connectivity index (χ2v) is 6.76. The lowest BCUT2D eigenvalue weighted by Gasteiger charge is -2.46. The van der Waals surface area contributed by atoms with Gasteiger partial charge in [0.25, 0.3) is 0 Å². The molecule has 0 aromatic carbocycles. The van der Waals surface area contributed by atoms with Gasteiger partial charge in [-0.1, -0.05) is 6.42 Å². The van der Waals surface area contributed by atoms with E-state index in [0.29, 0.717) is 37.1 Å². The van der Waals surface area contributed by atoms with Crippen molar-refractivity contribution in [1.29, 1.82) is 0 Å². The third-order valence-corrected chi connectivity index (χ3v) is 5.32. The van der Waals surface area contributed by atoms with Crippen molar-refractivity contribution in [3.05, 3.63) is 0 Å². The van der Waals surface area contributed by atoms with Gasteiger partial charge >= 0.3 is 18.0 Å². The number of esters is 1. The van der Waals surface area contributed by atoms with E-state index in [-0.39, 0.29) is 19.0 Å². The molecule has 2 aliphatic rings. The van der Waals surface area contributed by atoms with Crippen LogP contribution in [0.15, 0.2) is 0 Å². The molecule has 7 nitrogen and oxygen atoms in total. The number of carboxylic acids is 1. The minimum absolute atomic E-state index is 0.192. The molecule has 1 amide bonds. The van der Waals surface area contributed by atoms with E-state index in [1.807, 2.05) is 0 Å². The maximum absolute atomic E-state index is 12.3. The van der Waals surface area contributed by atoms with Crippen molar-refractivity contribution >= 4 is 18.0 Å². The summed E-state index contributed by atoms with van der Waals surface area (Å²) >= 11 is 0. The molecule has 0 radical (unpaired) electrons. The predicted molar refractivity (Wildman–Crippen MR) is 85.3 cm³/mol. The lowest BCUT2D eigenvalue weighted by Crippen LogP contribution is -2.55. The number of piperidine rings is 1. The zero-order chi connectivity index (χ0) is 17.7. The monoisotopic (exact) mass is 341 g/mol. The Labute approximate surface area is 142 Å². The van der Waals surface area contributed by atoms with Crippen molar-refractivity contribution in [3.63, 3.8) is 0 Å². The van der Waals surface area contributed by atoms with E-state index in [1.54, 1.807) is 6.92 Å². The van der Waals surface area contributed by atoms with Crippen molar-refractivity contribution in [2.75, 3.05) is 20.3 Å². The Morgan fingerprint density at radius 3 is 2.54 bits per heavy atom. The standard InChI is InChI=1S/C17H27NO6/c1-3-24-16(21)14-9-13-8-11(5-7-15(19)20)4-6-12(13)10-18(14)17(22)23-2/h11-14H,3-10H2,1-2H3,(H,19,20)/t11-,12+,13-,14+/m1/s1. The number of hydrogen-bond acceptors (Lipinski definition) is 5. The lowest BCUT2D eigenvalue weighted by molar-refractivity contribution is -0.152. The van der Waals surface area contributed by atoms with Gasteiger partial charge < -0.3 is 14.6 Å². The van der Waals surface area contributed by atoms with E-state index in [9.17, 15) is 14.4 Å². The number of methoxy groups -OCH3 is 1. The third kappa shape index (κ3) is 4.39. The SMILES string of the molecule is CCOC(=O)[C@@H]1C[C@H]2C[C@@H](CCC(=O)O)CC[C@H]2CN1C(=O)OC. The molecule has 0 aromatic rings. The largest absolute Gasteiger partial charge is 0.481 e. The summed E-state index contributed by atoms with van der Waals surface area (Å²) in [7, 11) is 1.32. The van der Waals surface area contributed by atoms with Gasteiger partial charge in [0.2, 0.25) is 0 Å². The van der Waals surface area contributed by atoms with Gasteiger partial charge in [0, 0.05) is 13.0 Å². The first-order valence-corrected chi connectivity index (χ1v) is 8.69. The van der Waals surface area contributed by atoms with Crippen molar-refractivity contribution in [3.8, 4) is 0 Å². The van der Waals surface area contributed by atoms with Crippen molar-refractivity contribution in [2.24, 2.45) is 17.8 Å². The Morgan fingerprint density at radius 2 is 1.92 bits per heavy atom. The first-order valence-electron chi connectivity index (χ1n) is 8.69. The van der Waals surface area contributed by atoms with Crippen LogP contribution in [-0.2, 0) is 19.1 Å². The highest BCUT2D eigenvalue weighted by Gasteiger charge is 2.44. The van der Waals surface area contributed by atoms with E-state index < -0.39 is 18.1 Å². The molecular formula is C17H27NO6. The molecule has 1 N–H and O–H groups in total. The molecule has 7 heteroatoms. The highest BCUT2D eigenvalue weighted by atomic mass is 16.6. The van der Waals surface area contributed by atoms with Gasteiger partial charge in [0.15, 0.2) is 0 Å². The maximum Gasteiger partial charge on any atom is 0.410 e. The molecular weight excluding hydrogens is 314 g/mol. The molecule has 1 aliphatic carbocycles. The van der Waals surface area contributed by atoms with Crippen LogP contribution in [0.5, 0.6) is 0 Å². The van der Waals surface area contributed by atoms with Gasteiger partial charge in [-0.25, -0.2) is 9.59 Å². The van der Waals surface area contributed by atoms with Crippen LogP contribution in [0.4, 0.5) is 4.79 Å². The summed E-state index contributed by atoms with van der Waals surface area (Å²) in [5, 5.41) is 8.85. The Bertz CT molecular complexity index is 480. The molecule has 1 aliphatic heterocycles. The fraction of sp³-hybridized carbons (Fsp3) is 0.824. The number of carbonyl (C=O) groups excluding carboxylic acids is 2. The van der Waals surface area contributed by atoms with Crippen LogP contribution in [0.1, 0.15) is 45.4 Å². The minimum atomic E-state index is -0.762. The van der Waals surface area contributed by atoms with Crippen LogP contribution in [0.3, 0.4) is 0 Å². The Balaban J connectivity index is 2.04. The number of rotatable bonds is 5. The van der Waals surface area contributed by atoms with Crippen LogP contribution < -0.4 is 0 Å². The molecule has 0 bridgehead atoms. The van der Waals surface area contributed by atoms with Crippen molar-refractivity contribution in [1.82, 2.24) is 4.90 Å². The Kier molecular flexibility index (Phi) is 6.45. The summed E-state index contributed by atoms with van der Waals surface area (Å²) in [4.78, 5) is 36.6. The number of carbonyl (C=O) groups is 3. The molecule has 1 saturated heterocycles. The van der Waals surface area contributed by atoms with E-state index in [1.165, 1.54) is 12.0 Å². The van der Waals surface area contributed by atoms with Gasteiger partial charge in [0.05, 0.1) is 13.7 Å². The molecule has 2 rings (SSSR count). The van der Waals surface area contributed by atoms with Crippen LogP contribution >= 0.6 is 0 Å². The molecule has 4 atom stereocenters. The summed E-state index contributed by atoms with van der Waals surface area (Å²) in [5.41, 5.74) is 0. The quantitative estimate of drug-likeness (QED) is 0.771. The zero-order valence-electron chi connectivity index (χ0n) is 14.4. The summed E-state index contributed by atoms with van der Waals surface area (Å²) in [6.07, 6.45) is 3.82.